The predicted octanol–water partition coefficient (Wildman–Crippen LogP) is 2.05. The van der Waals surface area contributed by atoms with Crippen molar-refractivity contribution in [2.45, 2.75) is 38.2 Å². The van der Waals surface area contributed by atoms with Gasteiger partial charge in [0.05, 0.1) is 31.4 Å². The lowest BCUT2D eigenvalue weighted by atomic mass is 10.2. The van der Waals surface area contributed by atoms with Crippen molar-refractivity contribution in [1.29, 1.82) is 0 Å². The second-order valence-electron chi connectivity index (χ2n) is 5.64. The van der Waals surface area contributed by atoms with Crippen LogP contribution >= 0.6 is 11.8 Å². The van der Waals surface area contributed by atoms with E-state index < -0.39 is 0 Å². The van der Waals surface area contributed by atoms with Gasteiger partial charge in [0.25, 0.3) is 0 Å². The SMILES string of the molecule is COc1ccc(Cn2c(CO)cnc2SCC(=O)NC(C)C)cc1. The molecule has 0 aliphatic carbocycles. The van der Waals surface area contributed by atoms with Crippen LogP contribution in [0.5, 0.6) is 5.75 Å². The summed E-state index contributed by atoms with van der Waals surface area (Å²) in [4.78, 5) is 16.1. The van der Waals surface area contributed by atoms with E-state index >= 15 is 0 Å². The quantitative estimate of drug-likeness (QED) is 0.714. The molecule has 0 saturated heterocycles. The number of hydrogen-bond donors (Lipinski definition) is 2. The van der Waals surface area contributed by atoms with Gasteiger partial charge in [0, 0.05) is 12.6 Å². The Bertz CT molecular complexity index is 668. The van der Waals surface area contributed by atoms with Crippen molar-refractivity contribution in [2.75, 3.05) is 12.9 Å². The number of nitrogens with one attached hydrogen (secondary N) is 1. The lowest BCUT2D eigenvalue weighted by Gasteiger charge is -2.12. The van der Waals surface area contributed by atoms with E-state index in [1.807, 2.05) is 42.7 Å². The summed E-state index contributed by atoms with van der Waals surface area (Å²) in [5.41, 5.74) is 1.79. The smallest absolute Gasteiger partial charge is 0.230 e. The molecule has 2 N–H and O–H groups in total. The zero-order valence-corrected chi connectivity index (χ0v) is 15.0. The minimum absolute atomic E-state index is 0.0282. The van der Waals surface area contributed by atoms with Crippen LogP contribution in [0.15, 0.2) is 35.6 Å². The minimum Gasteiger partial charge on any atom is -0.497 e. The third-order valence-electron chi connectivity index (χ3n) is 3.35. The molecule has 1 aromatic carbocycles. The van der Waals surface area contributed by atoms with E-state index in [1.165, 1.54) is 11.8 Å². The molecule has 1 amide bonds. The molecule has 0 aliphatic heterocycles. The molecule has 0 radical (unpaired) electrons. The zero-order chi connectivity index (χ0) is 17.5. The van der Waals surface area contributed by atoms with Crippen LogP contribution in [-0.4, -0.2) is 39.5 Å². The highest BCUT2D eigenvalue weighted by Crippen LogP contribution is 2.21. The van der Waals surface area contributed by atoms with Gasteiger partial charge in [-0.15, -0.1) is 0 Å². The number of nitrogens with zero attached hydrogens (tertiary/aromatic N) is 2. The van der Waals surface area contributed by atoms with Gasteiger partial charge in [-0.1, -0.05) is 23.9 Å². The summed E-state index contributed by atoms with van der Waals surface area (Å²) in [6.45, 7) is 4.34. The van der Waals surface area contributed by atoms with Crippen LogP contribution in [0, 0.1) is 0 Å². The summed E-state index contributed by atoms with van der Waals surface area (Å²) in [5.74, 6) is 1.06. The van der Waals surface area contributed by atoms with Gasteiger partial charge in [-0.05, 0) is 31.5 Å². The Kier molecular flexibility index (Phi) is 6.69. The number of carbonyl (C=O) groups is 1. The molecule has 24 heavy (non-hydrogen) atoms. The maximum atomic E-state index is 11.8. The Morgan fingerprint density at radius 3 is 2.67 bits per heavy atom. The molecule has 7 heteroatoms. The zero-order valence-electron chi connectivity index (χ0n) is 14.2. The summed E-state index contributed by atoms with van der Waals surface area (Å²) < 4.78 is 7.09. The number of carbonyl (C=O) groups excluding carboxylic acids is 1. The van der Waals surface area contributed by atoms with Gasteiger partial charge in [-0.2, -0.15) is 0 Å². The summed E-state index contributed by atoms with van der Waals surface area (Å²) in [7, 11) is 1.63. The van der Waals surface area contributed by atoms with Crippen molar-refractivity contribution in [3.63, 3.8) is 0 Å². The maximum Gasteiger partial charge on any atom is 0.230 e. The van der Waals surface area contributed by atoms with E-state index in [0.717, 1.165) is 17.0 Å². The highest BCUT2D eigenvalue weighted by molar-refractivity contribution is 7.99. The van der Waals surface area contributed by atoms with Crippen LogP contribution < -0.4 is 10.1 Å². The molecular formula is C17H23N3O3S. The van der Waals surface area contributed by atoms with Crippen LogP contribution in [-0.2, 0) is 17.9 Å². The van der Waals surface area contributed by atoms with Crippen LogP contribution in [0.4, 0.5) is 0 Å². The number of imidazole rings is 1. The Balaban J connectivity index is 2.09. The summed E-state index contributed by atoms with van der Waals surface area (Å²) in [5, 5.41) is 13.1. The summed E-state index contributed by atoms with van der Waals surface area (Å²) in [6, 6.07) is 7.85. The topological polar surface area (TPSA) is 76.4 Å². The van der Waals surface area contributed by atoms with E-state index in [-0.39, 0.29) is 18.6 Å². The molecule has 0 fully saturated rings. The van der Waals surface area contributed by atoms with E-state index in [1.54, 1.807) is 13.3 Å². The summed E-state index contributed by atoms with van der Waals surface area (Å²) in [6.07, 6.45) is 1.65. The largest absolute Gasteiger partial charge is 0.497 e. The number of aliphatic hydroxyl groups is 1. The van der Waals surface area contributed by atoms with Crippen LogP contribution in [0.2, 0.25) is 0 Å². The van der Waals surface area contributed by atoms with Gasteiger partial charge in [0.2, 0.25) is 5.91 Å². The molecule has 2 aromatic rings. The van der Waals surface area contributed by atoms with Gasteiger partial charge in [-0.3, -0.25) is 4.79 Å². The fourth-order valence-corrected chi connectivity index (χ4v) is 3.02. The van der Waals surface area contributed by atoms with Crippen LogP contribution in [0.3, 0.4) is 0 Å². The van der Waals surface area contributed by atoms with Crippen molar-refractivity contribution in [2.24, 2.45) is 0 Å². The normalized spacial score (nSPS) is 10.9. The van der Waals surface area contributed by atoms with Crippen molar-refractivity contribution in [3.8, 4) is 5.75 Å². The van der Waals surface area contributed by atoms with Gasteiger partial charge in [-0.25, -0.2) is 4.98 Å². The standard InChI is InChI=1S/C17H23N3O3S/c1-12(2)19-16(22)11-24-17-18-8-14(10-21)20(17)9-13-4-6-15(23-3)7-5-13/h4-8,12,21H,9-11H2,1-3H3,(H,19,22). The van der Waals surface area contributed by atoms with E-state index in [0.29, 0.717) is 17.5 Å². The fourth-order valence-electron chi connectivity index (χ4n) is 2.21. The molecular weight excluding hydrogens is 326 g/mol. The molecule has 1 aromatic heterocycles. The number of aliphatic hydroxyl groups excluding tert-OH is 1. The number of aromatic nitrogens is 2. The first-order valence-electron chi connectivity index (χ1n) is 7.73. The number of ether oxygens (including phenoxy) is 1. The third kappa shape index (κ3) is 5.01. The van der Waals surface area contributed by atoms with Crippen molar-refractivity contribution in [1.82, 2.24) is 14.9 Å². The number of thioether (sulfide) groups is 1. The molecule has 130 valence electrons. The molecule has 2 rings (SSSR count). The number of rotatable bonds is 8. The second-order valence-corrected chi connectivity index (χ2v) is 6.58. The van der Waals surface area contributed by atoms with Crippen molar-refractivity contribution >= 4 is 17.7 Å². The molecule has 0 atom stereocenters. The molecule has 0 spiro atoms. The van der Waals surface area contributed by atoms with Gasteiger partial charge >= 0.3 is 0 Å². The minimum atomic E-state index is -0.0953. The molecule has 0 bridgehead atoms. The van der Waals surface area contributed by atoms with Gasteiger partial charge < -0.3 is 19.7 Å². The Labute approximate surface area is 146 Å². The average Bonchev–Trinajstić information content (AvgIpc) is 2.95. The van der Waals surface area contributed by atoms with Crippen molar-refractivity contribution < 1.29 is 14.6 Å². The number of benzene rings is 1. The van der Waals surface area contributed by atoms with Gasteiger partial charge in [0.1, 0.15) is 5.75 Å². The molecule has 6 nitrogen and oxygen atoms in total. The fraction of sp³-hybridized carbons (Fsp3) is 0.412. The van der Waals surface area contributed by atoms with E-state index in [4.69, 9.17) is 4.74 Å². The third-order valence-corrected chi connectivity index (χ3v) is 4.34. The predicted molar refractivity (Wildman–Crippen MR) is 94.2 cm³/mol. The van der Waals surface area contributed by atoms with Gasteiger partial charge in [0.15, 0.2) is 5.16 Å². The maximum absolute atomic E-state index is 11.8. The average molecular weight is 349 g/mol. The van der Waals surface area contributed by atoms with Crippen LogP contribution in [0.25, 0.3) is 0 Å². The molecule has 0 aliphatic rings. The lowest BCUT2D eigenvalue weighted by Crippen LogP contribution is -2.31. The van der Waals surface area contributed by atoms with E-state index in [2.05, 4.69) is 10.3 Å². The number of amides is 1. The second kappa shape index (κ2) is 8.75. The first kappa shape index (κ1) is 18.4. The monoisotopic (exact) mass is 349 g/mol. The lowest BCUT2D eigenvalue weighted by molar-refractivity contribution is -0.119. The first-order chi connectivity index (χ1) is 11.5. The first-order valence-corrected chi connectivity index (χ1v) is 8.72. The molecule has 0 saturated carbocycles. The Morgan fingerprint density at radius 2 is 2.08 bits per heavy atom. The highest BCUT2D eigenvalue weighted by Gasteiger charge is 2.13. The summed E-state index contributed by atoms with van der Waals surface area (Å²) >= 11 is 1.36. The highest BCUT2D eigenvalue weighted by atomic mass is 32.2. The number of hydrogen-bond acceptors (Lipinski definition) is 5. The van der Waals surface area contributed by atoms with E-state index in [9.17, 15) is 9.90 Å². The number of methoxy groups -OCH3 is 1. The molecule has 1 heterocycles. The van der Waals surface area contributed by atoms with Crippen molar-refractivity contribution in [3.05, 3.63) is 41.7 Å². The van der Waals surface area contributed by atoms with Crippen LogP contribution in [0.1, 0.15) is 25.1 Å². The Hall–Kier alpha value is -1.99. The molecule has 0 unspecified atom stereocenters. The Morgan fingerprint density at radius 1 is 1.38 bits per heavy atom.